The molecule has 0 bridgehead atoms. The molecule has 0 spiro atoms. The van der Waals surface area contributed by atoms with Crippen LogP contribution in [-0.2, 0) is 4.79 Å². The van der Waals surface area contributed by atoms with Gasteiger partial charge in [0.2, 0.25) is 5.91 Å². The summed E-state index contributed by atoms with van der Waals surface area (Å²) in [4.78, 5) is 19.5. The zero-order valence-corrected chi connectivity index (χ0v) is 15.6. The lowest BCUT2D eigenvalue weighted by Crippen LogP contribution is -2.06. The summed E-state index contributed by atoms with van der Waals surface area (Å²) in [6.07, 6.45) is 1.43. The van der Waals surface area contributed by atoms with Crippen LogP contribution in [0.15, 0.2) is 48.8 Å². The number of carbonyl (C=O) groups is 1. The Morgan fingerprint density at radius 3 is 2.26 bits per heavy atom. The Labute approximate surface area is 162 Å². The fraction of sp³-hybridized carbons (Fsp3) is 0.105. The lowest BCUT2D eigenvalue weighted by Gasteiger charge is -2.14. The van der Waals surface area contributed by atoms with Crippen LogP contribution < -0.4 is 21.7 Å². The van der Waals surface area contributed by atoms with E-state index in [0.29, 0.717) is 28.0 Å². The molecule has 8 heteroatoms. The molecule has 7 nitrogen and oxygen atoms in total. The molecule has 0 aliphatic rings. The lowest BCUT2D eigenvalue weighted by atomic mass is 10.2. The second-order valence-electron chi connectivity index (χ2n) is 5.95. The predicted octanol–water partition coefficient (Wildman–Crippen LogP) is 4.47. The van der Waals surface area contributed by atoms with Gasteiger partial charge in [-0.05, 0) is 55.0 Å². The highest BCUT2D eigenvalue weighted by atomic mass is 35.5. The normalized spacial score (nSPS) is 10.3. The summed E-state index contributed by atoms with van der Waals surface area (Å²) >= 11 is 5.99. The fourth-order valence-electron chi connectivity index (χ4n) is 2.47. The molecule has 0 atom stereocenters. The van der Waals surface area contributed by atoms with E-state index in [1.807, 2.05) is 31.2 Å². The number of nitrogens with one attached hydrogen (secondary N) is 3. The molecule has 3 rings (SSSR count). The van der Waals surface area contributed by atoms with Gasteiger partial charge in [0.15, 0.2) is 11.6 Å². The van der Waals surface area contributed by atoms with Crippen molar-refractivity contribution in [3.8, 4) is 0 Å². The summed E-state index contributed by atoms with van der Waals surface area (Å²) in [5.74, 6) is 0.850. The third-order valence-electron chi connectivity index (χ3n) is 3.79. The van der Waals surface area contributed by atoms with Crippen LogP contribution in [-0.4, -0.2) is 15.9 Å². The maximum Gasteiger partial charge on any atom is 0.221 e. The van der Waals surface area contributed by atoms with Gasteiger partial charge in [0.1, 0.15) is 12.0 Å². The Morgan fingerprint density at radius 2 is 1.63 bits per heavy atom. The largest absolute Gasteiger partial charge is 0.393 e. The van der Waals surface area contributed by atoms with Gasteiger partial charge < -0.3 is 21.7 Å². The Bertz CT molecular complexity index is 974. The van der Waals surface area contributed by atoms with Crippen molar-refractivity contribution in [2.75, 3.05) is 21.7 Å². The van der Waals surface area contributed by atoms with E-state index >= 15 is 0 Å². The van der Waals surface area contributed by atoms with E-state index in [0.717, 1.165) is 16.9 Å². The summed E-state index contributed by atoms with van der Waals surface area (Å²) in [5.41, 5.74) is 9.93. The number of rotatable bonds is 5. The molecule has 0 saturated heterocycles. The van der Waals surface area contributed by atoms with E-state index in [1.54, 1.807) is 18.2 Å². The van der Waals surface area contributed by atoms with Gasteiger partial charge in [0.25, 0.3) is 0 Å². The van der Waals surface area contributed by atoms with Crippen molar-refractivity contribution in [1.82, 2.24) is 9.97 Å². The molecule has 0 aliphatic carbocycles. The number of halogens is 1. The summed E-state index contributed by atoms with van der Waals surface area (Å²) in [5, 5.41) is 9.74. The number of amides is 1. The number of benzene rings is 2. The third-order valence-corrected chi connectivity index (χ3v) is 4.03. The van der Waals surface area contributed by atoms with E-state index in [2.05, 4.69) is 25.9 Å². The van der Waals surface area contributed by atoms with Crippen molar-refractivity contribution in [3.63, 3.8) is 0 Å². The number of hydrogen-bond donors (Lipinski definition) is 4. The van der Waals surface area contributed by atoms with Crippen LogP contribution in [0.2, 0.25) is 5.02 Å². The first-order chi connectivity index (χ1) is 12.9. The van der Waals surface area contributed by atoms with Crippen molar-refractivity contribution in [2.45, 2.75) is 13.8 Å². The number of aromatic nitrogens is 2. The first-order valence-electron chi connectivity index (χ1n) is 8.20. The molecule has 0 saturated carbocycles. The van der Waals surface area contributed by atoms with E-state index in [9.17, 15) is 4.79 Å². The third kappa shape index (κ3) is 4.65. The van der Waals surface area contributed by atoms with Crippen LogP contribution in [0.3, 0.4) is 0 Å². The van der Waals surface area contributed by atoms with Gasteiger partial charge in [-0.3, -0.25) is 4.79 Å². The molecule has 27 heavy (non-hydrogen) atoms. The van der Waals surface area contributed by atoms with E-state index in [-0.39, 0.29) is 5.91 Å². The van der Waals surface area contributed by atoms with Gasteiger partial charge in [-0.15, -0.1) is 0 Å². The minimum absolute atomic E-state index is 0.121. The number of carbonyl (C=O) groups excluding carboxylic acids is 1. The summed E-state index contributed by atoms with van der Waals surface area (Å²) in [6.45, 7) is 3.41. The first-order valence-corrected chi connectivity index (χ1v) is 8.58. The maximum atomic E-state index is 11.1. The van der Waals surface area contributed by atoms with E-state index in [4.69, 9.17) is 17.3 Å². The molecule has 0 unspecified atom stereocenters. The van der Waals surface area contributed by atoms with Gasteiger partial charge in [-0.25, -0.2) is 9.97 Å². The Balaban J connectivity index is 1.79. The first kappa shape index (κ1) is 18.5. The Kier molecular flexibility index (Phi) is 5.42. The van der Waals surface area contributed by atoms with Crippen LogP contribution in [0, 0.1) is 6.92 Å². The van der Waals surface area contributed by atoms with Crippen molar-refractivity contribution in [2.24, 2.45) is 0 Å². The average Bonchev–Trinajstić information content (AvgIpc) is 2.62. The number of hydrogen-bond acceptors (Lipinski definition) is 6. The Morgan fingerprint density at radius 1 is 1.00 bits per heavy atom. The van der Waals surface area contributed by atoms with Crippen molar-refractivity contribution < 1.29 is 4.79 Å². The minimum Gasteiger partial charge on any atom is -0.393 e. The average molecular weight is 383 g/mol. The lowest BCUT2D eigenvalue weighted by molar-refractivity contribution is -0.114. The highest BCUT2D eigenvalue weighted by molar-refractivity contribution is 6.30. The molecule has 138 valence electrons. The number of aryl methyl sites for hydroxylation is 1. The molecule has 0 aliphatic heterocycles. The zero-order valence-electron chi connectivity index (χ0n) is 14.9. The van der Waals surface area contributed by atoms with Gasteiger partial charge in [0, 0.05) is 29.0 Å². The molecule has 1 amide bonds. The smallest absolute Gasteiger partial charge is 0.221 e. The van der Waals surface area contributed by atoms with Crippen molar-refractivity contribution in [1.29, 1.82) is 0 Å². The van der Waals surface area contributed by atoms with Crippen LogP contribution >= 0.6 is 11.6 Å². The second-order valence-corrected chi connectivity index (χ2v) is 6.39. The van der Waals surface area contributed by atoms with Gasteiger partial charge in [-0.1, -0.05) is 11.6 Å². The quantitative estimate of drug-likeness (QED) is 0.519. The molecule has 0 radical (unpaired) electrons. The summed E-state index contributed by atoms with van der Waals surface area (Å²) in [6, 6.07) is 12.7. The molecular formula is C19H19ClN6O. The molecule has 1 heterocycles. The summed E-state index contributed by atoms with van der Waals surface area (Å²) < 4.78 is 0. The highest BCUT2D eigenvalue weighted by Gasteiger charge is 2.10. The molecule has 1 aromatic heterocycles. The molecular weight excluding hydrogens is 364 g/mol. The number of nitrogens with zero attached hydrogens (tertiary/aromatic N) is 2. The predicted molar refractivity (Wildman–Crippen MR) is 110 cm³/mol. The van der Waals surface area contributed by atoms with Crippen LogP contribution in [0.4, 0.5) is 34.4 Å². The van der Waals surface area contributed by atoms with E-state index in [1.165, 1.54) is 13.3 Å². The molecule has 3 aromatic rings. The monoisotopic (exact) mass is 382 g/mol. The maximum absolute atomic E-state index is 11.1. The Hall–Kier alpha value is -3.32. The minimum atomic E-state index is -0.121. The number of anilines is 6. The van der Waals surface area contributed by atoms with Crippen LogP contribution in [0.5, 0.6) is 0 Å². The van der Waals surface area contributed by atoms with Crippen LogP contribution in [0.1, 0.15) is 12.5 Å². The zero-order chi connectivity index (χ0) is 19.4. The SMILES string of the molecule is CC(=O)Nc1ccc(Nc2ncnc(Nc3ccc(Cl)cc3C)c2N)cc1. The topological polar surface area (TPSA) is 105 Å². The van der Waals surface area contributed by atoms with Gasteiger partial charge in [-0.2, -0.15) is 0 Å². The molecule has 2 aromatic carbocycles. The fourth-order valence-corrected chi connectivity index (χ4v) is 2.69. The molecule has 5 N–H and O–H groups in total. The van der Waals surface area contributed by atoms with Crippen LogP contribution in [0.25, 0.3) is 0 Å². The summed E-state index contributed by atoms with van der Waals surface area (Å²) in [7, 11) is 0. The standard InChI is InChI=1S/C19H19ClN6O/c1-11-9-13(20)3-8-16(11)26-19-17(21)18(22-10-23-19)25-15-6-4-14(5-7-15)24-12(2)27/h3-10H,21H2,1-2H3,(H,24,27)(H2,22,23,25,26). The van der Waals surface area contributed by atoms with Gasteiger partial charge in [0.05, 0.1) is 0 Å². The molecule has 0 fully saturated rings. The highest BCUT2D eigenvalue weighted by Crippen LogP contribution is 2.30. The van der Waals surface area contributed by atoms with E-state index < -0.39 is 0 Å². The number of nitrogen functional groups attached to an aromatic ring is 1. The number of nitrogens with two attached hydrogens (primary N) is 1. The second kappa shape index (κ2) is 7.92. The van der Waals surface area contributed by atoms with Gasteiger partial charge >= 0.3 is 0 Å². The van der Waals surface area contributed by atoms with Crippen molar-refractivity contribution >= 4 is 51.9 Å². The van der Waals surface area contributed by atoms with Crippen molar-refractivity contribution in [3.05, 3.63) is 59.4 Å².